The van der Waals surface area contributed by atoms with Crippen molar-refractivity contribution in [3.63, 3.8) is 0 Å². The van der Waals surface area contributed by atoms with Gasteiger partial charge >= 0.3 is 0 Å². The van der Waals surface area contributed by atoms with Gasteiger partial charge in [0.05, 0.1) is 4.92 Å². The van der Waals surface area contributed by atoms with Gasteiger partial charge in [-0.15, -0.1) is 0 Å². The minimum Gasteiger partial charge on any atom is -0.457 e. The van der Waals surface area contributed by atoms with Crippen LogP contribution in [0, 0.1) is 21.4 Å². The molecule has 0 unspecified atom stereocenters. The highest BCUT2D eigenvalue weighted by Gasteiger charge is 2.14. The maximum Gasteiger partial charge on any atom is 0.287 e. The molecule has 2 aromatic rings. The summed E-state index contributed by atoms with van der Waals surface area (Å²) in [6.45, 7) is 0. The van der Waals surface area contributed by atoms with Gasteiger partial charge < -0.3 is 4.74 Å². The van der Waals surface area contributed by atoms with Crippen molar-refractivity contribution >= 4 is 28.9 Å². The second-order valence-electron chi connectivity index (χ2n) is 3.76. The molecule has 7 heteroatoms. The molecule has 100 valence electrons. The van der Waals surface area contributed by atoms with Gasteiger partial charge in [-0.2, -0.15) is 5.26 Å². The smallest absolute Gasteiger partial charge is 0.287 e. The summed E-state index contributed by atoms with van der Waals surface area (Å²) in [4.78, 5) is 10.1. The van der Waals surface area contributed by atoms with Crippen molar-refractivity contribution in [2.45, 2.75) is 0 Å². The van der Waals surface area contributed by atoms with Crippen LogP contribution in [0.3, 0.4) is 0 Å². The van der Waals surface area contributed by atoms with Crippen LogP contribution in [-0.2, 0) is 0 Å². The van der Waals surface area contributed by atoms with Crippen molar-refractivity contribution in [3.05, 3.63) is 62.1 Å². The van der Waals surface area contributed by atoms with E-state index in [9.17, 15) is 10.1 Å². The summed E-state index contributed by atoms with van der Waals surface area (Å²) in [5.41, 5.74) is -0.357. The van der Waals surface area contributed by atoms with Gasteiger partial charge in [-0.25, -0.2) is 0 Å². The van der Waals surface area contributed by atoms with Crippen LogP contribution >= 0.6 is 23.2 Å². The third-order valence-corrected chi connectivity index (χ3v) is 2.79. The Kier molecular flexibility index (Phi) is 4.08. The maximum absolute atomic E-state index is 10.7. The molecular formula is C13H6Cl2N2O3. The molecule has 0 spiro atoms. The summed E-state index contributed by atoms with van der Waals surface area (Å²) in [5.74, 6) is 0.658. The Labute approximate surface area is 124 Å². The van der Waals surface area contributed by atoms with E-state index in [0.717, 1.165) is 0 Å². The Bertz CT molecular complexity index is 706. The Hall–Kier alpha value is -2.29. The van der Waals surface area contributed by atoms with Crippen molar-refractivity contribution < 1.29 is 9.66 Å². The molecule has 2 aromatic carbocycles. The van der Waals surface area contributed by atoms with Gasteiger partial charge in [0, 0.05) is 22.2 Å². The number of nitrogens with zero attached hydrogens (tertiary/aromatic N) is 2. The highest BCUT2D eigenvalue weighted by atomic mass is 35.5. The minimum absolute atomic E-state index is 0.0828. The standard InChI is InChI=1S/C13H6Cl2N2O3/c14-9-4-10(15)6-12(5-9)20-11-1-2-13(17(18)19)8(3-11)7-16/h1-6H. The van der Waals surface area contributed by atoms with E-state index in [1.807, 2.05) is 0 Å². The van der Waals surface area contributed by atoms with Crippen LogP contribution in [0.25, 0.3) is 0 Å². The van der Waals surface area contributed by atoms with Crippen LogP contribution in [0.15, 0.2) is 36.4 Å². The van der Waals surface area contributed by atoms with E-state index in [1.165, 1.54) is 18.2 Å². The fraction of sp³-hybridized carbons (Fsp3) is 0. The minimum atomic E-state index is -0.626. The first-order valence-electron chi connectivity index (χ1n) is 5.32. The molecule has 0 aliphatic heterocycles. The molecule has 0 saturated carbocycles. The summed E-state index contributed by atoms with van der Waals surface area (Å²) < 4.78 is 5.47. The van der Waals surface area contributed by atoms with E-state index in [2.05, 4.69) is 0 Å². The molecule has 0 amide bonds. The number of nitriles is 1. The first kappa shape index (κ1) is 14.1. The predicted octanol–water partition coefficient (Wildman–Crippen LogP) is 4.57. The third-order valence-electron chi connectivity index (χ3n) is 2.36. The van der Waals surface area contributed by atoms with Crippen LogP contribution < -0.4 is 4.74 Å². The van der Waals surface area contributed by atoms with Gasteiger partial charge in [0.2, 0.25) is 0 Å². The fourth-order valence-electron chi connectivity index (χ4n) is 1.55. The highest BCUT2D eigenvalue weighted by molar-refractivity contribution is 6.34. The van der Waals surface area contributed by atoms with E-state index in [-0.39, 0.29) is 17.0 Å². The van der Waals surface area contributed by atoms with Gasteiger partial charge in [0.15, 0.2) is 0 Å². The van der Waals surface area contributed by atoms with Crippen molar-refractivity contribution in [3.8, 4) is 17.6 Å². The lowest BCUT2D eigenvalue weighted by Gasteiger charge is -2.07. The molecule has 0 heterocycles. The Morgan fingerprint density at radius 1 is 1.10 bits per heavy atom. The molecule has 0 bridgehead atoms. The molecule has 0 saturated heterocycles. The van der Waals surface area contributed by atoms with E-state index < -0.39 is 4.92 Å². The van der Waals surface area contributed by atoms with E-state index in [1.54, 1.807) is 24.3 Å². The van der Waals surface area contributed by atoms with Crippen LogP contribution in [0.1, 0.15) is 5.56 Å². The SMILES string of the molecule is N#Cc1cc(Oc2cc(Cl)cc(Cl)c2)ccc1[N+](=O)[O-]. The topological polar surface area (TPSA) is 76.2 Å². The molecule has 0 atom stereocenters. The van der Waals surface area contributed by atoms with Crippen LogP contribution in [0.2, 0.25) is 10.0 Å². The zero-order valence-corrected chi connectivity index (χ0v) is 11.4. The number of hydrogen-bond donors (Lipinski definition) is 0. The first-order chi connectivity index (χ1) is 9.49. The Morgan fingerprint density at radius 2 is 1.75 bits per heavy atom. The number of nitro benzene ring substituents is 1. The van der Waals surface area contributed by atoms with E-state index in [0.29, 0.717) is 15.8 Å². The Morgan fingerprint density at radius 3 is 2.30 bits per heavy atom. The van der Waals surface area contributed by atoms with Crippen LogP contribution in [-0.4, -0.2) is 4.92 Å². The van der Waals surface area contributed by atoms with E-state index >= 15 is 0 Å². The molecule has 2 rings (SSSR count). The zero-order chi connectivity index (χ0) is 14.7. The number of nitro groups is 1. The molecule has 20 heavy (non-hydrogen) atoms. The maximum atomic E-state index is 10.7. The van der Waals surface area contributed by atoms with Crippen molar-refractivity contribution in [1.82, 2.24) is 0 Å². The largest absolute Gasteiger partial charge is 0.457 e. The second kappa shape index (κ2) is 5.78. The lowest BCUT2D eigenvalue weighted by atomic mass is 10.2. The highest BCUT2D eigenvalue weighted by Crippen LogP contribution is 2.30. The monoisotopic (exact) mass is 308 g/mol. The van der Waals surface area contributed by atoms with Crippen LogP contribution in [0.5, 0.6) is 11.5 Å². The second-order valence-corrected chi connectivity index (χ2v) is 4.63. The average Bonchev–Trinajstić information content (AvgIpc) is 2.37. The summed E-state index contributed by atoms with van der Waals surface area (Å²) in [5, 5.41) is 20.4. The number of ether oxygens (including phenoxy) is 1. The summed E-state index contributed by atoms with van der Waals surface area (Å²) in [6.07, 6.45) is 0. The van der Waals surface area contributed by atoms with Crippen molar-refractivity contribution in [1.29, 1.82) is 5.26 Å². The molecule has 0 fully saturated rings. The molecule has 0 aromatic heterocycles. The van der Waals surface area contributed by atoms with E-state index in [4.69, 9.17) is 33.2 Å². The third kappa shape index (κ3) is 3.18. The molecule has 0 aliphatic carbocycles. The Balaban J connectivity index is 2.35. The zero-order valence-electron chi connectivity index (χ0n) is 9.84. The number of halogens is 2. The van der Waals surface area contributed by atoms with Gasteiger partial charge in [-0.3, -0.25) is 10.1 Å². The molecule has 0 aliphatic rings. The van der Waals surface area contributed by atoms with Gasteiger partial charge in [-0.1, -0.05) is 23.2 Å². The number of benzene rings is 2. The summed E-state index contributed by atoms with van der Waals surface area (Å²) in [7, 11) is 0. The molecule has 0 N–H and O–H groups in total. The number of hydrogen-bond acceptors (Lipinski definition) is 4. The predicted molar refractivity (Wildman–Crippen MR) is 74.3 cm³/mol. The normalized spacial score (nSPS) is 9.85. The van der Waals surface area contributed by atoms with Crippen LogP contribution in [0.4, 0.5) is 5.69 Å². The average molecular weight is 309 g/mol. The quantitative estimate of drug-likeness (QED) is 0.615. The van der Waals surface area contributed by atoms with Crippen molar-refractivity contribution in [2.75, 3.05) is 0 Å². The first-order valence-corrected chi connectivity index (χ1v) is 6.07. The van der Waals surface area contributed by atoms with Gasteiger partial charge in [-0.05, 0) is 24.3 Å². The lowest BCUT2D eigenvalue weighted by molar-refractivity contribution is -0.385. The fourth-order valence-corrected chi connectivity index (χ4v) is 2.06. The lowest BCUT2D eigenvalue weighted by Crippen LogP contribution is -1.93. The number of rotatable bonds is 3. The van der Waals surface area contributed by atoms with Gasteiger partial charge in [0.25, 0.3) is 5.69 Å². The molecular weight excluding hydrogens is 303 g/mol. The summed E-state index contributed by atoms with van der Waals surface area (Å²) in [6, 6.07) is 10.3. The molecule has 0 radical (unpaired) electrons. The van der Waals surface area contributed by atoms with Crippen molar-refractivity contribution in [2.24, 2.45) is 0 Å². The molecule has 5 nitrogen and oxygen atoms in total. The van der Waals surface area contributed by atoms with Gasteiger partial charge in [0.1, 0.15) is 23.1 Å². The summed E-state index contributed by atoms with van der Waals surface area (Å²) >= 11 is 11.7.